The van der Waals surface area contributed by atoms with Crippen LogP contribution < -0.4 is 5.32 Å². The molecule has 0 radical (unpaired) electrons. The molecule has 0 saturated heterocycles. The highest BCUT2D eigenvalue weighted by Gasteiger charge is 2.25. The molecule has 0 aliphatic carbocycles. The standard InChI is InChI=1S/C19H21ClN6O3/c1-11-5-7-15(8-6-11)9-24-14(4)18(12(2)22-24)21-16(27)10-25-13(3)17(20)19(23-25)26(28)29/h5-8H,9-10H2,1-4H3,(H,21,27). The molecular formula is C19H21ClN6O3. The van der Waals surface area contributed by atoms with Crippen molar-refractivity contribution in [1.29, 1.82) is 0 Å². The van der Waals surface area contributed by atoms with Crippen molar-refractivity contribution < 1.29 is 9.72 Å². The van der Waals surface area contributed by atoms with Crippen LogP contribution in [-0.2, 0) is 17.9 Å². The van der Waals surface area contributed by atoms with Crippen molar-refractivity contribution in [3.05, 3.63) is 67.6 Å². The zero-order valence-corrected chi connectivity index (χ0v) is 17.3. The van der Waals surface area contributed by atoms with Crippen LogP contribution in [0.4, 0.5) is 11.5 Å². The lowest BCUT2D eigenvalue weighted by Gasteiger charge is -2.07. The van der Waals surface area contributed by atoms with E-state index >= 15 is 0 Å². The molecule has 9 nitrogen and oxygen atoms in total. The van der Waals surface area contributed by atoms with E-state index in [4.69, 9.17) is 11.6 Å². The Hall–Kier alpha value is -3.20. The molecule has 0 bridgehead atoms. The zero-order valence-electron chi connectivity index (χ0n) is 16.6. The van der Waals surface area contributed by atoms with E-state index in [1.807, 2.05) is 49.7 Å². The quantitative estimate of drug-likeness (QED) is 0.488. The summed E-state index contributed by atoms with van der Waals surface area (Å²) in [7, 11) is 0. The largest absolute Gasteiger partial charge is 0.408 e. The summed E-state index contributed by atoms with van der Waals surface area (Å²) in [5.74, 6) is -0.835. The fourth-order valence-corrected chi connectivity index (χ4v) is 3.20. The number of aromatic nitrogens is 4. The number of carbonyl (C=O) groups is 1. The van der Waals surface area contributed by atoms with Crippen molar-refractivity contribution in [2.75, 3.05) is 5.32 Å². The third kappa shape index (κ3) is 4.29. The Labute approximate surface area is 172 Å². The van der Waals surface area contributed by atoms with Crippen LogP contribution in [0.1, 0.15) is 28.2 Å². The molecule has 152 valence electrons. The summed E-state index contributed by atoms with van der Waals surface area (Å²) in [4.78, 5) is 22.8. The average Bonchev–Trinajstić information content (AvgIpc) is 3.08. The van der Waals surface area contributed by atoms with E-state index in [0.717, 1.165) is 11.3 Å². The van der Waals surface area contributed by atoms with Gasteiger partial charge < -0.3 is 15.4 Å². The molecule has 1 aromatic carbocycles. The topological polar surface area (TPSA) is 108 Å². The van der Waals surface area contributed by atoms with Gasteiger partial charge in [-0.05, 0) is 38.2 Å². The number of hydrogen-bond donors (Lipinski definition) is 1. The number of carbonyl (C=O) groups excluding carboxylic acids is 1. The van der Waals surface area contributed by atoms with Crippen LogP contribution in [0, 0.1) is 37.8 Å². The summed E-state index contributed by atoms with van der Waals surface area (Å²) >= 11 is 5.92. The van der Waals surface area contributed by atoms with Crippen LogP contribution in [0.25, 0.3) is 0 Å². The van der Waals surface area contributed by atoms with Gasteiger partial charge in [0.25, 0.3) is 0 Å². The lowest BCUT2D eigenvalue weighted by atomic mass is 10.1. The van der Waals surface area contributed by atoms with E-state index in [1.54, 1.807) is 6.92 Å². The Morgan fingerprint density at radius 3 is 2.34 bits per heavy atom. The summed E-state index contributed by atoms with van der Waals surface area (Å²) in [5.41, 5.74) is 4.77. The lowest BCUT2D eigenvalue weighted by molar-refractivity contribution is -0.389. The van der Waals surface area contributed by atoms with Gasteiger partial charge >= 0.3 is 5.82 Å². The molecule has 2 aromatic heterocycles. The SMILES string of the molecule is Cc1ccc(Cn2nc(C)c(NC(=O)Cn3nc([N+](=O)[O-])c(Cl)c3C)c2C)cc1. The smallest absolute Gasteiger partial charge is 0.358 e. The normalized spacial score (nSPS) is 10.9. The molecule has 0 fully saturated rings. The summed E-state index contributed by atoms with van der Waals surface area (Å²) in [6.07, 6.45) is 0. The minimum atomic E-state index is -0.673. The van der Waals surface area contributed by atoms with Crippen molar-refractivity contribution in [1.82, 2.24) is 19.6 Å². The monoisotopic (exact) mass is 416 g/mol. The number of amides is 1. The Kier molecular flexibility index (Phi) is 5.69. The molecule has 0 saturated carbocycles. The fourth-order valence-electron chi connectivity index (χ4n) is 2.99. The van der Waals surface area contributed by atoms with Crippen molar-refractivity contribution >= 4 is 29.0 Å². The minimum absolute atomic E-state index is 0.0684. The predicted octanol–water partition coefficient (Wildman–Crippen LogP) is 3.56. The molecule has 0 aliphatic rings. The van der Waals surface area contributed by atoms with E-state index in [0.29, 0.717) is 23.6 Å². The average molecular weight is 417 g/mol. The van der Waals surface area contributed by atoms with E-state index in [1.165, 1.54) is 10.2 Å². The molecule has 0 atom stereocenters. The molecule has 10 heteroatoms. The number of nitro groups is 1. The molecular weight excluding hydrogens is 396 g/mol. The van der Waals surface area contributed by atoms with Crippen molar-refractivity contribution in [2.24, 2.45) is 0 Å². The molecule has 1 N–H and O–H groups in total. The van der Waals surface area contributed by atoms with E-state index < -0.39 is 10.7 Å². The number of halogens is 1. The first-order chi connectivity index (χ1) is 13.7. The maximum atomic E-state index is 12.5. The van der Waals surface area contributed by atoms with Gasteiger partial charge in [-0.1, -0.05) is 41.4 Å². The van der Waals surface area contributed by atoms with Gasteiger partial charge in [0.15, 0.2) is 5.02 Å². The number of anilines is 1. The fraction of sp³-hybridized carbons (Fsp3) is 0.316. The molecule has 0 spiro atoms. The third-order valence-electron chi connectivity index (χ3n) is 4.68. The van der Waals surface area contributed by atoms with Gasteiger partial charge in [-0.2, -0.15) is 9.78 Å². The summed E-state index contributed by atoms with van der Waals surface area (Å²) in [5, 5.41) is 22.0. The maximum Gasteiger partial charge on any atom is 0.408 e. The van der Waals surface area contributed by atoms with Crippen LogP contribution >= 0.6 is 11.6 Å². The third-order valence-corrected chi connectivity index (χ3v) is 5.12. The number of hydrogen-bond acceptors (Lipinski definition) is 5. The first-order valence-electron chi connectivity index (χ1n) is 8.94. The van der Waals surface area contributed by atoms with Crippen molar-refractivity contribution in [3.63, 3.8) is 0 Å². The first kappa shape index (κ1) is 20.5. The van der Waals surface area contributed by atoms with Gasteiger partial charge in [-0.25, -0.2) is 0 Å². The Morgan fingerprint density at radius 1 is 1.10 bits per heavy atom. The number of benzene rings is 1. The molecule has 2 heterocycles. The molecule has 29 heavy (non-hydrogen) atoms. The van der Waals surface area contributed by atoms with Gasteiger partial charge in [-0.3, -0.25) is 9.48 Å². The van der Waals surface area contributed by atoms with Crippen LogP contribution in [-0.4, -0.2) is 30.4 Å². The highest BCUT2D eigenvalue weighted by Crippen LogP contribution is 2.26. The Bertz CT molecular complexity index is 1080. The minimum Gasteiger partial charge on any atom is -0.358 e. The van der Waals surface area contributed by atoms with E-state index in [-0.39, 0.29) is 17.5 Å². The summed E-state index contributed by atoms with van der Waals surface area (Å²) < 4.78 is 3.05. The van der Waals surface area contributed by atoms with Crippen molar-refractivity contribution in [2.45, 2.75) is 40.8 Å². The van der Waals surface area contributed by atoms with Gasteiger partial charge in [0, 0.05) is 0 Å². The predicted molar refractivity (Wildman–Crippen MR) is 109 cm³/mol. The van der Waals surface area contributed by atoms with Gasteiger partial charge in [0.1, 0.15) is 6.54 Å². The zero-order chi connectivity index (χ0) is 21.3. The second-order valence-electron chi connectivity index (χ2n) is 6.88. The summed E-state index contributed by atoms with van der Waals surface area (Å²) in [6.45, 7) is 7.69. The van der Waals surface area contributed by atoms with E-state index in [2.05, 4.69) is 15.5 Å². The molecule has 0 unspecified atom stereocenters. The van der Waals surface area contributed by atoms with E-state index in [9.17, 15) is 14.9 Å². The number of aryl methyl sites for hydroxylation is 2. The van der Waals surface area contributed by atoms with Gasteiger partial charge in [0.05, 0.1) is 34.4 Å². The molecule has 0 aliphatic heterocycles. The highest BCUT2D eigenvalue weighted by molar-refractivity contribution is 6.33. The maximum absolute atomic E-state index is 12.5. The highest BCUT2D eigenvalue weighted by atomic mass is 35.5. The van der Waals surface area contributed by atoms with Crippen LogP contribution in [0.2, 0.25) is 5.02 Å². The second kappa shape index (κ2) is 8.04. The molecule has 3 rings (SSSR count). The lowest BCUT2D eigenvalue weighted by Crippen LogP contribution is -2.21. The number of nitrogens with one attached hydrogen (secondary N) is 1. The molecule has 1 amide bonds. The second-order valence-corrected chi connectivity index (χ2v) is 7.25. The number of nitrogens with zero attached hydrogens (tertiary/aromatic N) is 5. The van der Waals surface area contributed by atoms with Crippen molar-refractivity contribution in [3.8, 4) is 0 Å². The first-order valence-corrected chi connectivity index (χ1v) is 9.32. The Morgan fingerprint density at radius 2 is 1.76 bits per heavy atom. The Balaban J connectivity index is 1.76. The van der Waals surface area contributed by atoms with Gasteiger partial charge in [-0.15, -0.1) is 0 Å². The summed E-state index contributed by atoms with van der Waals surface area (Å²) in [6, 6.07) is 8.17. The van der Waals surface area contributed by atoms with Crippen LogP contribution in [0.3, 0.4) is 0 Å². The van der Waals surface area contributed by atoms with Crippen LogP contribution in [0.15, 0.2) is 24.3 Å². The van der Waals surface area contributed by atoms with Crippen LogP contribution in [0.5, 0.6) is 0 Å². The molecule has 3 aromatic rings. The number of rotatable bonds is 6. The van der Waals surface area contributed by atoms with Gasteiger partial charge in [0.2, 0.25) is 5.91 Å².